The van der Waals surface area contributed by atoms with E-state index in [-0.39, 0.29) is 34.3 Å². The number of nitrogens with one attached hydrogen (secondary N) is 1. The van der Waals surface area contributed by atoms with Crippen LogP contribution in [0.1, 0.15) is 0 Å². The van der Waals surface area contributed by atoms with Crippen LogP contribution in [0.25, 0.3) is 0 Å². The van der Waals surface area contributed by atoms with Crippen LogP contribution >= 0.6 is 0 Å². The molecule has 1 unspecified atom stereocenters. The number of sulfonamides is 3. The molecule has 1 heterocycles. The molecule has 39 heavy (non-hydrogen) atoms. The Morgan fingerprint density at radius 1 is 0.795 bits per heavy atom. The maximum atomic E-state index is 13.6. The highest BCUT2D eigenvalue weighted by Crippen LogP contribution is 2.27. The Kier molecular flexibility index (Phi) is 8.14. The van der Waals surface area contributed by atoms with Crippen LogP contribution in [0, 0.1) is 0 Å². The second kappa shape index (κ2) is 11.1. The average Bonchev–Trinajstić information content (AvgIpc) is 2.93. The van der Waals surface area contributed by atoms with Crippen molar-refractivity contribution in [1.82, 2.24) is 8.61 Å². The second-order valence-electron chi connectivity index (χ2n) is 8.89. The van der Waals surface area contributed by atoms with Gasteiger partial charge in [0.15, 0.2) is 0 Å². The normalized spacial score (nSPS) is 17.4. The molecule has 1 N–H and O–H groups in total. The summed E-state index contributed by atoms with van der Waals surface area (Å²) in [4.78, 5) is 13.6. The molecule has 1 fully saturated rings. The molecule has 1 aliphatic rings. The van der Waals surface area contributed by atoms with Crippen LogP contribution in [0.5, 0.6) is 0 Å². The fraction of sp³-hybridized carbons (Fsp3) is 0.240. The number of nitrogens with zero attached hydrogens (tertiary/aromatic N) is 3. The number of hydrogen-bond donors (Lipinski definition) is 1. The van der Waals surface area contributed by atoms with Crippen molar-refractivity contribution in [1.29, 1.82) is 0 Å². The van der Waals surface area contributed by atoms with Gasteiger partial charge in [-0.15, -0.1) is 0 Å². The third-order valence-corrected chi connectivity index (χ3v) is 11.3. The molecule has 3 aromatic rings. The van der Waals surface area contributed by atoms with Crippen molar-refractivity contribution in [3.63, 3.8) is 0 Å². The SMILES string of the molecule is CN(c1cccc(NC(=O)C2CN(S(=O)(=O)c3ccccc3)CCN2S(=O)(=O)c2ccccc2)c1)S(C)(=O)=O. The smallest absolute Gasteiger partial charge is 0.244 e. The lowest BCUT2D eigenvalue weighted by molar-refractivity contribution is -0.120. The lowest BCUT2D eigenvalue weighted by atomic mass is 10.2. The highest BCUT2D eigenvalue weighted by Gasteiger charge is 2.43. The van der Waals surface area contributed by atoms with Crippen LogP contribution < -0.4 is 9.62 Å². The Morgan fingerprint density at radius 3 is 1.92 bits per heavy atom. The molecule has 0 aliphatic carbocycles. The van der Waals surface area contributed by atoms with Gasteiger partial charge in [0, 0.05) is 32.4 Å². The second-order valence-corrected chi connectivity index (χ2v) is 14.7. The van der Waals surface area contributed by atoms with Gasteiger partial charge in [-0.2, -0.15) is 8.61 Å². The Labute approximate surface area is 228 Å². The molecule has 0 spiro atoms. The lowest BCUT2D eigenvalue weighted by Gasteiger charge is -2.39. The summed E-state index contributed by atoms with van der Waals surface area (Å²) >= 11 is 0. The number of anilines is 2. The van der Waals surface area contributed by atoms with Crippen LogP contribution in [-0.4, -0.2) is 78.8 Å². The predicted molar refractivity (Wildman–Crippen MR) is 148 cm³/mol. The van der Waals surface area contributed by atoms with E-state index in [0.717, 1.165) is 19.2 Å². The summed E-state index contributed by atoms with van der Waals surface area (Å²) in [5, 5.41) is 2.64. The Bertz CT molecular complexity index is 1660. The van der Waals surface area contributed by atoms with Crippen LogP contribution in [0.2, 0.25) is 0 Å². The lowest BCUT2D eigenvalue weighted by Crippen LogP contribution is -2.60. The predicted octanol–water partition coefficient (Wildman–Crippen LogP) is 1.78. The quantitative estimate of drug-likeness (QED) is 0.420. The van der Waals surface area contributed by atoms with Crippen molar-refractivity contribution in [3.8, 4) is 0 Å². The minimum absolute atomic E-state index is 0.0278. The largest absolute Gasteiger partial charge is 0.325 e. The molecule has 0 saturated carbocycles. The van der Waals surface area contributed by atoms with E-state index in [1.807, 2.05) is 0 Å². The van der Waals surface area contributed by atoms with Crippen LogP contribution in [0.3, 0.4) is 0 Å². The standard InChI is InChI=1S/C25H28N4O7S3/c1-27(37(2,31)32)21-11-9-10-20(18-21)26-25(30)24-19-28(38(33,34)22-12-5-3-6-13-22)16-17-29(24)39(35,36)23-14-7-4-8-15-23/h3-15,18,24H,16-17,19H2,1-2H3,(H,26,30). The van der Waals surface area contributed by atoms with Gasteiger partial charge in [0.2, 0.25) is 36.0 Å². The molecule has 0 radical (unpaired) electrons. The first-order chi connectivity index (χ1) is 18.3. The molecule has 14 heteroatoms. The molecule has 1 atom stereocenters. The summed E-state index contributed by atoms with van der Waals surface area (Å²) in [5.41, 5.74) is 0.495. The first kappa shape index (κ1) is 28.7. The molecule has 4 rings (SSSR count). The van der Waals surface area contributed by atoms with Crippen molar-refractivity contribution in [2.75, 3.05) is 42.6 Å². The third-order valence-electron chi connectivity index (χ3n) is 6.30. The summed E-state index contributed by atoms with van der Waals surface area (Å²) in [5.74, 6) is -0.762. The molecule has 0 aromatic heterocycles. The van der Waals surface area contributed by atoms with Crippen molar-refractivity contribution in [2.24, 2.45) is 0 Å². The van der Waals surface area contributed by atoms with E-state index in [4.69, 9.17) is 0 Å². The first-order valence-electron chi connectivity index (χ1n) is 11.8. The van der Waals surface area contributed by atoms with Gasteiger partial charge < -0.3 is 5.32 Å². The van der Waals surface area contributed by atoms with E-state index in [9.17, 15) is 30.0 Å². The average molecular weight is 593 g/mol. The molecule has 11 nitrogen and oxygen atoms in total. The third kappa shape index (κ3) is 6.15. The highest BCUT2D eigenvalue weighted by molar-refractivity contribution is 7.92. The number of piperazine rings is 1. The number of carbonyl (C=O) groups is 1. The topological polar surface area (TPSA) is 141 Å². The minimum Gasteiger partial charge on any atom is -0.325 e. The van der Waals surface area contributed by atoms with Gasteiger partial charge in [0.25, 0.3) is 0 Å². The number of carbonyl (C=O) groups excluding carboxylic acids is 1. The molecule has 1 amide bonds. The molecular formula is C25H28N4O7S3. The van der Waals surface area contributed by atoms with Crippen LogP contribution in [0.4, 0.5) is 11.4 Å². The van der Waals surface area contributed by atoms with Gasteiger partial charge in [-0.1, -0.05) is 42.5 Å². The fourth-order valence-corrected chi connectivity index (χ4v) is 7.67. The van der Waals surface area contributed by atoms with Crippen LogP contribution in [0.15, 0.2) is 94.7 Å². The maximum Gasteiger partial charge on any atom is 0.244 e. The maximum absolute atomic E-state index is 13.6. The number of amides is 1. The Hall–Kier alpha value is -3.30. The number of benzene rings is 3. The highest BCUT2D eigenvalue weighted by atomic mass is 32.2. The molecule has 1 aliphatic heterocycles. The van der Waals surface area contributed by atoms with E-state index < -0.39 is 48.6 Å². The molecule has 208 valence electrons. The van der Waals surface area contributed by atoms with E-state index in [1.165, 1.54) is 55.6 Å². The number of rotatable bonds is 8. The van der Waals surface area contributed by atoms with Gasteiger partial charge in [0.05, 0.1) is 21.7 Å². The fourth-order valence-electron chi connectivity index (χ4n) is 4.13. The summed E-state index contributed by atoms with van der Waals surface area (Å²) in [6.07, 6.45) is 1.04. The van der Waals surface area contributed by atoms with Gasteiger partial charge in [-0.3, -0.25) is 9.10 Å². The zero-order valence-electron chi connectivity index (χ0n) is 21.2. The Morgan fingerprint density at radius 2 is 1.36 bits per heavy atom. The molecule has 0 bridgehead atoms. The summed E-state index contributed by atoms with van der Waals surface area (Å²) < 4.78 is 80.7. The van der Waals surface area contributed by atoms with E-state index >= 15 is 0 Å². The molecule has 3 aromatic carbocycles. The van der Waals surface area contributed by atoms with Crippen LogP contribution in [-0.2, 0) is 34.9 Å². The van der Waals surface area contributed by atoms with E-state index in [2.05, 4.69) is 5.32 Å². The molecular weight excluding hydrogens is 564 g/mol. The van der Waals surface area contributed by atoms with Crippen molar-refractivity contribution in [2.45, 2.75) is 15.8 Å². The molecule has 1 saturated heterocycles. The summed E-state index contributed by atoms with van der Waals surface area (Å²) in [6, 6.07) is 19.9. The number of hydrogen-bond acceptors (Lipinski definition) is 7. The van der Waals surface area contributed by atoms with E-state index in [1.54, 1.807) is 36.4 Å². The Balaban J connectivity index is 1.69. The summed E-state index contributed by atoms with van der Waals surface area (Å²) in [7, 11) is -10.4. The van der Waals surface area contributed by atoms with Gasteiger partial charge >= 0.3 is 0 Å². The zero-order chi connectivity index (χ0) is 28.4. The van der Waals surface area contributed by atoms with Gasteiger partial charge in [-0.25, -0.2) is 25.3 Å². The van der Waals surface area contributed by atoms with Gasteiger partial charge in [-0.05, 0) is 42.5 Å². The van der Waals surface area contributed by atoms with E-state index in [0.29, 0.717) is 0 Å². The summed E-state index contributed by atoms with van der Waals surface area (Å²) in [6.45, 7) is -0.821. The van der Waals surface area contributed by atoms with Gasteiger partial charge in [0.1, 0.15) is 6.04 Å². The van der Waals surface area contributed by atoms with Crippen molar-refractivity contribution >= 4 is 47.4 Å². The zero-order valence-corrected chi connectivity index (χ0v) is 23.7. The first-order valence-corrected chi connectivity index (χ1v) is 16.5. The van der Waals surface area contributed by atoms with Crippen molar-refractivity contribution < 1.29 is 30.0 Å². The van der Waals surface area contributed by atoms with Crippen molar-refractivity contribution in [3.05, 3.63) is 84.9 Å². The minimum atomic E-state index is -4.16. The monoisotopic (exact) mass is 592 g/mol.